The summed E-state index contributed by atoms with van der Waals surface area (Å²) in [4.78, 5) is 29.3. The Hall–Kier alpha value is -3.15. The maximum Gasteiger partial charge on any atom is 0.264 e. The molecule has 0 saturated heterocycles. The van der Waals surface area contributed by atoms with E-state index in [0.29, 0.717) is 29.2 Å². The molecule has 0 aliphatic heterocycles. The Labute approximate surface area is 201 Å². The Morgan fingerprint density at radius 3 is 2.63 bits per heavy atom. The standard InChI is InChI=1S/C24H27FN4O5S/c1-24(23(31)28-32,35(2,33)34)9-10-29-14-27-21-12-16(4-8-19(21)22(29)30)18-7-3-15(11-20(18)25)13-26-17-5-6-17/h3-4,7-8,11-12,14,17,26,32H,5-6,9-10,13H2,1-2H3,(H,28,31)/t24-/m1/s1. The minimum atomic E-state index is -3.90. The van der Waals surface area contributed by atoms with E-state index in [1.54, 1.807) is 24.3 Å². The van der Waals surface area contributed by atoms with Crippen LogP contribution in [0.25, 0.3) is 22.0 Å². The third-order valence-electron chi connectivity index (χ3n) is 6.57. The first kappa shape index (κ1) is 25.0. The Balaban J connectivity index is 1.58. The summed E-state index contributed by atoms with van der Waals surface area (Å²) in [6.45, 7) is 1.67. The van der Waals surface area contributed by atoms with E-state index in [0.717, 1.165) is 24.7 Å². The van der Waals surface area contributed by atoms with Gasteiger partial charge < -0.3 is 5.32 Å². The number of nitrogens with one attached hydrogen (secondary N) is 2. The van der Waals surface area contributed by atoms with Crippen molar-refractivity contribution in [1.29, 1.82) is 0 Å². The summed E-state index contributed by atoms with van der Waals surface area (Å²) in [5.74, 6) is -1.45. The highest BCUT2D eigenvalue weighted by Gasteiger charge is 2.43. The zero-order valence-electron chi connectivity index (χ0n) is 19.4. The summed E-state index contributed by atoms with van der Waals surface area (Å²) >= 11 is 0. The zero-order valence-corrected chi connectivity index (χ0v) is 20.2. The Bertz CT molecular complexity index is 1450. The first-order chi connectivity index (χ1) is 16.5. The van der Waals surface area contributed by atoms with Crippen LogP contribution in [0.4, 0.5) is 4.39 Å². The van der Waals surface area contributed by atoms with Crippen LogP contribution in [-0.4, -0.2) is 46.1 Å². The van der Waals surface area contributed by atoms with Crippen molar-refractivity contribution in [3.63, 3.8) is 0 Å². The Kier molecular flexibility index (Phi) is 6.76. The molecular weight excluding hydrogens is 475 g/mol. The van der Waals surface area contributed by atoms with Crippen molar-refractivity contribution in [1.82, 2.24) is 20.3 Å². The molecule has 1 aliphatic carbocycles. The molecule has 3 aromatic rings. The molecule has 1 heterocycles. The van der Waals surface area contributed by atoms with Gasteiger partial charge in [-0.15, -0.1) is 0 Å². The van der Waals surface area contributed by atoms with Crippen molar-refractivity contribution in [3.05, 3.63) is 64.5 Å². The third-order valence-corrected chi connectivity index (χ3v) is 8.60. The molecule has 0 bridgehead atoms. The van der Waals surface area contributed by atoms with Gasteiger partial charge >= 0.3 is 0 Å². The molecule has 9 nitrogen and oxygen atoms in total. The molecule has 1 aromatic heterocycles. The van der Waals surface area contributed by atoms with Crippen molar-refractivity contribution in [2.24, 2.45) is 0 Å². The Morgan fingerprint density at radius 1 is 1.26 bits per heavy atom. The molecule has 4 rings (SSSR count). The number of benzene rings is 2. The van der Waals surface area contributed by atoms with E-state index in [1.165, 1.54) is 29.4 Å². The normalized spacial score (nSPS) is 15.7. The van der Waals surface area contributed by atoms with Gasteiger partial charge in [0.2, 0.25) is 0 Å². The first-order valence-corrected chi connectivity index (χ1v) is 13.1. The van der Waals surface area contributed by atoms with Crippen LogP contribution < -0.4 is 16.4 Å². The van der Waals surface area contributed by atoms with Crippen LogP contribution in [0.15, 0.2) is 47.5 Å². The summed E-state index contributed by atoms with van der Waals surface area (Å²) in [5, 5.41) is 12.6. The minimum absolute atomic E-state index is 0.120. The van der Waals surface area contributed by atoms with E-state index >= 15 is 0 Å². The molecule has 1 amide bonds. The number of aromatic nitrogens is 2. The lowest BCUT2D eigenvalue weighted by Crippen LogP contribution is -2.50. The number of halogens is 1. The van der Waals surface area contributed by atoms with Gasteiger partial charge in [0.15, 0.2) is 14.6 Å². The summed E-state index contributed by atoms with van der Waals surface area (Å²) in [5.41, 5.74) is 3.14. The molecule has 35 heavy (non-hydrogen) atoms. The van der Waals surface area contributed by atoms with Crippen LogP contribution in [0.5, 0.6) is 0 Å². The highest BCUT2D eigenvalue weighted by molar-refractivity contribution is 7.92. The van der Waals surface area contributed by atoms with Crippen LogP contribution >= 0.6 is 0 Å². The summed E-state index contributed by atoms with van der Waals surface area (Å²) in [7, 11) is -3.90. The van der Waals surface area contributed by atoms with E-state index in [9.17, 15) is 22.4 Å². The summed E-state index contributed by atoms with van der Waals surface area (Å²) in [6.07, 6.45) is 4.21. The van der Waals surface area contributed by atoms with Crippen molar-refractivity contribution in [3.8, 4) is 11.1 Å². The van der Waals surface area contributed by atoms with Crippen LogP contribution in [0, 0.1) is 5.82 Å². The second-order valence-electron chi connectivity index (χ2n) is 9.14. The van der Waals surface area contributed by atoms with Crippen molar-refractivity contribution in [2.75, 3.05) is 6.26 Å². The van der Waals surface area contributed by atoms with E-state index in [4.69, 9.17) is 5.21 Å². The van der Waals surface area contributed by atoms with Gasteiger partial charge in [0.05, 0.1) is 17.2 Å². The highest BCUT2D eigenvalue weighted by Crippen LogP contribution is 2.27. The number of aryl methyl sites for hydroxylation is 1. The monoisotopic (exact) mass is 502 g/mol. The number of hydroxylamine groups is 1. The second kappa shape index (κ2) is 9.48. The maximum atomic E-state index is 14.8. The SMILES string of the molecule is C[C@@](CCn1cnc2cc(-c3ccc(CNC4CC4)cc3F)ccc2c1=O)(C(=O)NO)S(C)(=O)=O. The topological polar surface area (TPSA) is 130 Å². The average Bonchev–Trinajstić information content (AvgIpc) is 3.65. The van der Waals surface area contributed by atoms with Gasteiger partial charge in [0, 0.05) is 31.0 Å². The molecule has 1 fully saturated rings. The molecule has 1 saturated carbocycles. The van der Waals surface area contributed by atoms with Crippen LogP contribution in [0.3, 0.4) is 0 Å². The smallest absolute Gasteiger partial charge is 0.264 e. The third kappa shape index (κ3) is 5.12. The van der Waals surface area contributed by atoms with Gasteiger partial charge in [0.1, 0.15) is 5.82 Å². The molecule has 0 spiro atoms. The molecule has 186 valence electrons. The quantitative estimate of drug-likeness (QED) is 0.302. The number of fused-ring (bicyclic) bond motifs is 1. The summed E-state index contributed by atoms with van der Waals surface area (Å²) < 4.78 is 38.4. The first-order valence-electron chi connectivity index (χ1n) is 11.2. The number of hydrogen-bond acceptors (Lipinski definition) is 7. The lowest BCUT2D eigenvalue weighted by molar-refractivity contribution is -0.131. The van der Waals surface area contributed by atoms with Crippen LogP contribution in [0.1, 0.15) is 31.7 Å². The number of amides is 1. The zero-order chi connectivity index (χ0) is 25.4. The second-order valence-corrected chi connectivity index (χ2v) is 11.6. The molecule has 0 radical (unpaired) electrons. The molecular formula is C24H27FN4O5S. The average molecular weight is 503 g/mol. The van der Waals surface area contributed by atoms with Crippen LogP contribution in [-0.2, 0) is 27.7 Å². The molecule has 0 unspecified atom stereocenters. The lowest BCUT2D eigenvalue weighted by atomic mass is 10.0. The number of sulfone groups is 1. The molecule has 2 aromatic carbocycles. The number of carbonyl (C=O) groups excluding carboxylic acids is 1. The number of nitrogens with zero attached hydrogens (tertiary/aromatic N) is 2. The fourth-order valence-corrected chi connectivity index (χ4v) is 4.70. The predicted molar refractivity (Wildman–Crippen MR) is 129 cm³/mol. The van der Waals surface area contributed by atoms with Gasteiger partial charge in [0.25, 0.3) is 11.5 Å². The highest BCUT2D eigenvalue weighted by atomic mass is 32.2. The number of carbonyl (C=O) groups is 1. The molecule has 1 atom stereocenters. The number of hydrogen-bond donors (Lipinski definition) is 3. The minimum Gasteiger partial charge on any atom is -0.310 e. The van der Waals surface area contributed by atoms with E-state index in [1.807, 2.05) is 6.07 Å². The molecule has 3 N–H and O–H groups in total. The maximum absolute atomic E-state index is 14.8. The van der Waals surface area contributed by atoms with Crippen molar-refractivity contribution >= 4 is 26.6 Å². The van der Waals surface area contributed by atoms with Gasteiger partial charge in [-0.3, -0.25) is 19.4 Å². The van der Waals surface area contributed by atoms with E-state index in [2.05, 4.69) is 10.3 Å². The van der Waals surface area contributed by atoms with Crippen LogP contribution in [0.2, 0.25) is 0 Å². The van der Waals surface area contributed by atoms with Gasteiger partial charge in [-0.05, 0) is 55.5 Å². The van der Waals surface area contributed by atoms with Gasteiger partial charge in [-0.25, -0.2) is 23.3 Å². The Morgan fingerprint density at radius 2 is 2.00 bits per heavy atom. The molecule has 1 aliphatic rings. The lowest BCUT2D eigenvalue weighted by Gasteiger charge is -2.25. The van der Waals surface area contributed by atoms with Gasteiger partial charge in [-0.1, -0.05) is 18.2 Å². The van der Waals surface area contributed by atoms with E-state index < -0.39 is 26.1 Å². The largest absolute Gasteiger partial charge is 0.310 e. The predicted octanol–water partition coefficient (Wildman–Crippen LogP) is 2.15. The van der Waals surface area contributed by atoms with Crippen molar-refractivity contribution in [2.45, 2.75) is 50.1 Å². The summed E-state index contributed by atoms with van der Waals surface area (Å²) in [6, 6.07) is 10.4. The van der Waals surface area contributed by atoms with E-state index in [-0.39, 0.29) is 24.2 Å². The fraction of sp³-hybridized carbons (Fsp3) is 0.375. The fourth-order valence-electron chi connectivity index (χ4n) is 3.86. The molecule has 11 heteroatoms. The number of rotatable bonds is 9. The van der Waals surface area contributed by atoms with Crippen molar-refractivity contribution < 1.29 is 22.8 Å². The van der Waals surface area contributed by atoms with Gasteiger partial charge in [-0.2, -0.15) is 0 Å².